The summed E-state index contributed by atoms with van der Waals surface area (Å²) >= 11 is 0. The number of phenolic OH excluding ortho intramolecular Hbond substituents is 1. The van der Waals surface area contributed by atoms with E-state index in [0.29, 0.717) is 31.9 Å². The van der Waals surface area contributed by atoms with Crippen molar-refractivity contribution >= 4 is 11.6 Å². The van der Waals surface area contributed by atoms with Crippen molar-refractivity contribution in [1.82, 2.24) is 4.90 Å². The van der Waals surface area contributed by atoms with Gasteiger partial charge in [-0.2, -0.15) is 0 Å². The van der Waals surface area contributed by atoms with E-state index in [9.17, 15) is 9.90 Å². The lowest BCUT2D eigenvalue weighted by molar-refractivity contribution is -0.121. The zero-order chi connectivity index (χ0) is 20.6. The van der Waals surface area contributed by atoms with Gasteiger partial charge in [0.1, 0.15) is 11.5 Å². The Labute approximate surface area is 173 Å². The number of phenols is 1. The quantitative estimate of drug-likeness (QED) is 0.653. The number of benzene rings is 2. The largest absolute Gasteiger partial charge is 0.507 e. The summed E-state index contributed by atoms with van der Waals surface area (Å²) in [6, 6.07) is 13.3. The Balaban J connectivity index is 1.69. The molecule has 1 heterocycles. The minimum atomic E-state index is -0.0613. The number of nitrogens with one attached hydrogen (secondary N) is 1. The van der Waals surface area contributed by atoms with Gasteiger partial charge >= 0.3 is 0 Å². The van der Waals surface area contributed by atoms with E-state index in [0.717, 1.165) is 42.0 Å². The number of ether oxygens (including phenoxy) is 1. The molecule has 3 rings (SSSR count). The second-order valence-electron chi connectivity index (χ2n) is 7.45. The van der Waals surface area contributed by atoms with E-state index in [4.69, 9.17) is 4.74 Å². The monoisotopic (exact) mass is 394 g/mol. The van der Waals surface area contributed by atoms with Crippen molar-refractivity contribution in [3.8, 4) is 11.5 Å². The van der Waals surface area contributed by atoms with Crippen molar-refractivity contribution < 1.29 is 14.6 Å². The summed E-state index contributed by atoms with van der Waals surface area (Å²) < 4.78 is 5.68. The van der Waals surface area contributed by atoms with E-state index in [1.165, 1.54) is 0 Å². The number of rotatable bonds is 8. The smallest absolute Gasteiger partial charge is 0.228 e. The number of hydrogen-bond donors (Lipinski definition) is 2. The van der Waals surface area contributed by atoms with Crippen LogP contribution in [-0.2, 0) is 17.8 Å². The highest BCUT2D eigenvalue weighted by molar-refractivity contribution is 5.92. The van der Waals surface area contributed by atoms with Gasteiger partial charge in [-0.05, 0) is 57.0 Å². The molecule has 154 valence electrons. The predicted molar refractivity (Wildman–Crippen MR) is 116 cm³/mol. The van der Waals surface area contributed by atoms with Crippen molar-refractivity contribution in [2.45, 2.75) is 32.7 Å². The summed E-state index contributed by atoms with van der Waals surface area (Å²) in [7, 11) is 0. The van der Waals surface area contributed by atoms with E-state index < -0.39 is 0 Å². The maximum absolute atomic E-state index is 12.7. The van der Waals surface area contributed by atoms with Crippen molar-refractivity contribution in [1.29, 1.82) is 0 Å². The highest BCUT2D eigenvalue weighted by atomic mass is 16.5. The summed E-state index contributed by atoms with van der Waals surface area (Å²) in [5.41, 5.74) is 2.47. The maximum Gasteiger partial charge on any atom is 0.228 e. The molecule has 0 radical (unpaired) electrons. The fourth-order valence-electron chi connectivity index (χ4n) is 3.83. The molecule has 0 aliphatic carbocycles. The van der Waals surface area contributed by atoms with E-state index in [2.05, 4.69) is 16.8 Å². The molecule has 2 aromatic rings. The van der Waals surface area contributed by atoms with Gasteiger partial charge in [0.25, 0.3) is 0 Å². The lowest BCUT2D eigenvalue weighted by atomic mass is 9.96. The normalized spacial score (nSPS) is 16.9. The number of nitrogens with zero attached hydrogens (tertiary/aromatic N) is 1. The topological polar surface area (TPSA) is 61.8 Å². The summed E-state index contributed by atoms with van der Waals surface area (Å²) in [4.78, 5) is 14.9. The van der Waals surface area contributed by atoms with Crippen LogP contribution in [0.3, 0.4) is 0 Å². The molecule has 1 fully saturated rings. The Morgan fingerprint density at radius 2 is 2.07 bits per heavy atom. The lowest BCUT2D eigenvalue weighted by Gasteiger charge is -2.32. The van der Waals surface area contributed by atoms with Crippen LogP contribution >= 0.6 is 0 Å². The molecule has 1 aliphatic rings. The number of piperidine rings is 1. The number of anilines is 1. The molecule has 1 unspecified atom stereocenters. The number of carbonyl (C=O) groups excluding carboxylic acids is 1. The van der Waals surface area contributed by atoms with E-state index in [-0.39, 0.29) is 11.8 Å². The zero-order valence-electron chi connectivity index (χ0n) is 17.1. The van der Waals surface area contributed by atoms with Gasteiger partial charge in [-0.25, -0.2) is 0 Å². The standard InChI is InChI=1S/C24H30N2O3/c1-3-9-18-14-22(29-4-2)15-20(23(18)27)17-26-13-8-10-19(16-26)24(28)25-21-11-6-5-7-12-21/h3,5-7,11-12,14-15,19,27H,1,4,8-10,13,16-17H2,2H3,(H,25,28). The lowest BCUT2D eigenvalue weighted by Crippen LogP contribution is -2.40. The zero-order valence-corrected chi connectivity index (χ0v) is 17.1. The fourth-order valence-corrected chi connectivity index (χ4v) is 3.83. The van der Waals surface area contributed by atoms with Gasteiger partial charge in [-0.3, -0.25) is 9.69 Å². The average molecular weight is 395 g/mol. The van der Waals surface area contributed by atoms with Gasteiger partial charge < -0.3 is 15.2 Å². The van der Waals surface area contributed by atoms with Crippen LogP contribution in [0.15, 0.2) is 55.1 Å². The summed E-state index contributed by atoms with van der Waals surface area (Å²) in [6.07, 6.45) is 4.20. The molecular weight excluding hydrogens is 364 g/mol. The molecule has 0 aromatic heterocycles. The fraction of sp³-hybridized carbons (Fsp3) is 0.375. The molecule has 5 nitrogen and oxygen atoms in total. The summed E-state index contributed by atoms with van der Waals surface area (Å²) in [5, 5.41) is 13.7. The van der Waals surface area contributed by atoms with Crippen LogP contribution in [0.4, 0.5) is 5.69 Å². The van der Waals surface area contributed by atoms with Crippen LogP contribution in [0.1, 0.15) is 30.9 Å². The van der Waals surface area contributed by atoms with Crippen molar-refractivity contribution in [3.05, 3.63) is 66.2 Å². The minimum absolute atomic E-state index is 0.0561. The van der Waals surface area contributed by atoms with Crippen LogP contribution in [-0.4, -0.2) is 35.6 Å². The number of carbonyl (C=O) groups is 1. The third-order valence-electron chi connectivity index (χ3n) is 5.23. The van der Waals surface area contributed by atoms with Crippen LogP contribution in [0.25, 0.3) is 0 Å². The number of amides is 1. The molecule has 1 saturated heterocycles. The van der Waals surface area contributed by atoms with E-state index >= 15 is 0 Å². The van der Waals surface area contributed by atoms with Gasteiger partial charge in [-0.1, -0.05) is 24.3 Å². The van der Waals surface area contributed by atoms with Gasteiger partial charge in [0, 0.05) is 29.9 Å². The molecule has 0 bridgehead atoms. The first kappa shape index (κ1) is 20.9. The first-order valence-electron chi connectivity index (χ1n) is 10.3. The Morgan fingerprint density at radius 1 is 1.31 bits per heavy atom. The molecule has 1 atom stereocenters. The van der Waals surface area contributed by atoms with Crippen molar-refractivity contribution in [2.75, 3.05) is 25.0 Å². The number of para-hydroxylation sites is 1. The molecule has 0 saturated carbocycles. The van der Waals surface area contributed by atoms with Crippen molar-refractivity contribution in [2.24, 2.45) is 5.92 Å². The molecule has 5 heteroatoms. The van der Waals surface area contributed by atoms with Crippen LogP contribution in [0, 0.1) is 5.92 Å². The Kier molecular flexibility index (Phi) is 7.30. The number of aromatic hydroxyl groups is 1. The Morgan fingerprint density at radius 3 is 2.79 bits per heavy atom. The minimum Gasteiger partial charge on any atom is -0.507 e. The van der Waals surface area contributed by atoms with Gasteiger partial charge in [0.2, 0.25) is 5.91 Å². The third kappa shape index (κ3) is 5.61. The van der Waals surface area contributed by atoms with Gasteiger partial charge in [-0.15, -0.1) is 6.58 Å². The third-order valence-corrected chi connectivity index (χ3v) is 5.23. The number of allylic oxidation sites excluding steroid dienone is 1. The van der Waals surface area contributed by atoms with Crippen LogP contribution in [0.2, 0.25) is 0 Å². The Hall–Kier alpha value is -2.79. The van der Waals surface area contributed by atoms with E-state index in [1.807, 2.05) is 49.4 Å². The summed E-state index contributed by atoms with van der Waals surface area (Å²) in [6.45, 7) is 8.46. The van der Waals surface area contributed by atoms with Gasteiger partial charge in [0.15, 0.2) is 0 Å². The highest BCUT2D eigenvalue weighted by Crippen LogP contribution is 2.31. The number of hydrogen-bond acceptors (Lipinski definition) is 4. The van der Waals surface area contributed by atoms with Crippen molar-refractivity contribution in [3.63, 3.8) is 0 Å². The molecule has 29 heavy (non-hydrogen) atoms. The highest BCUT2D eigenvalue weighted by Gasteiger charge is 2.26. The Bertz CT molecular complexity index is 836. The van der Waals surface area contributed by atoms with Crippen LogP contribution in [0.5, 0.6) is 11.5 Å². The van der Waals surface area contributed by atoms with Gasteiger partial charge in [0.05, 0.1) is 12.5 Å². The SMILES string of the molecule is C=CCc1cc(OCC)cc(CN2CCCC(C(=O)Nc3ccccc3)C2)c1O. The molecule has 0 spiro atoms. The molecular formula is C24H30N2O3. The maximum atomic E-state index is 12.7. The first-order valence-corrected chi connectivity index (χ1v) is 10.3. The second kappa shape index (κ2) is 10.1. The first-order chi connectivity index (χ1) is 14.1. The van der Waals surface area contributed by atoms with E-state index in [1.54, 1.807) is 6.08 Å². The summed E-state index contributed by atoms with van der Waals surface area (Å²) in [5.74, 6) is 1.05. The predicted octanol–water partition coefficient (Wildman–Crippen LogP) is 4.37. The molecule has 1 aliphatic heterocycles. The number of likely N-dealkylation sites (tertiary alicyclic amines) is 1. The molecule has 2 aromatic carbocycles. The molecule has 1 amide bonds. The molecule has 2 N–H and O–H groups in total. The average Bonchev–Trinajstić information content (AvgIpc) is 2.73. The van der Waals surface area contributed by atoms with Crippen LogP contribution < -0.4 is 10.1 Å². The second-order valence-corrected chi connectivity index (χ2v) is 7.45.